The third-order valence-corrected chi connectivity index (χ3v) is 5.10. The highest BCUT2D eigenvalue weighted by Gasteiger charge is 2.36. The van der Waals surface area contributed by atoms with Gasteiger partial charge < -0.3 is 9.64 Å². The second-order valence-corrected chi connectivity index (χ2v) is 6.83. The summed E-state index contributed by atoms with van der Waals surface area (Å²) in [5.41, 5.74) is 2.29. The van der Waals surface area contributed by atoms with E-state index in [-0.39, 0.29) is 11.8 Å². The summed E-state index contributed by atoms with van der Waals surface area (Å²) in [6.45, 7) is 1.86. The van der Waals surface area contributed by atoms with Crippen LogP contribution in [0.2, 0.25) is 0 Å². The van der Waals surface area contributed by atoms with Crippen molar-refractivity contribution in [1.29, 1.82) is 0 Å². The zero-order valence-corrected chi connectivity index (χ0v) is 15.4. The molecule has 0 bridgehead atoms. The van der Waals surface area contributed by atoms with Crippen molar-refractivity contribution in [3.05, 3.63) is 65.9 Å². The normalized spacial score (nSPS) is 18.6. The average molecular weight is 362 g/mol. The van der Waals surface area contributed by atoms with Gasteiger partial charge in [-0.25, -0.2) is 4.90 Å². The Morgan fingerprint density at radius 3 is 2.33 bits per heavy atom. The number of ether oxygens (including phenoxy) is 1. The molecule has 5 heteroatoms. The van der Waals surface area contributed by atoms with Crippen LogP contribution >= 0.6 is 0 Å². The molecule has 138 valence electrons. The lowest BCUT2D eigenvalue weighted by Crippen LogP contribution is -2.42. The summed E-state index contributed by atoms with van der Waals surface area (Å²) in [6, 6.07) is 14.4. The number of rotatable bonds is 3. The summed E-state index contributed by atoms with van der Waals surface area (Å²) < 4.78 is 5.30. The molecule has 0 atom stereocenters. The van der Waals surface area contributed by atoms with Gasteiger partial charge >= 0.3 is 0 Å². The lowest BCUT2D eigenvalue weighted by atomic mass is 9.93. The van der Waals surface area contributed by atoms with Crippen LogP contribution in [0.4, 0.5) is 5.69 Å². The van der Waals surface area contributed by atoms with Gasteiger partial charge in [0.1, 0.15) is 5.75 Å². The van der Waals surface area contributed by atoms with Crippen LogP contribution in [0.5, 0.6) is 5.75 Å². The molecule has 2 heterocycles. The average Bonchev–Trinajstić information content (AvgIpc) is 2.72. The Bertz CT molecular complexity index is 899. The monoisotopic (exact) mass is 362 g/mol. The predicted molar refractivity (Wildman–Crippen MR) is 105 cm³/mol. The largest absolute Gasteiger partial charge is 0.497 e. The minimum Gasteiger partial charge on any atom is -0.497 e. The van der Waals surface area contributed by atoms with Crippen molar-refractivity contribution in [2.24, 2.45) is 0 Å². The maximum absolute atomic E-state index is 13.3. The topological polar surface area (TPSA) is 49.9 Å². The summed E-state index contributed by atoms with van der Waals surface area (Å²) in [7, 11) is 1.57. The molecule has 2 aromatic rings. The quantitative estimate of drug-likeness (QED) is 0.617. The number of imide groups is 1. The number of carbonyl (C=O) groups excluding carboxylic acids is 2. The molecule has 27 heavy (non-hydrogen) atoms. The van der Waals surface area contributed by atoms with Gasteiger partial charge in [-0.1, -0.05) is 18.2 Å². The molecule has 4 rings (SSSR count). The fourth-order valence-corrected chi connectivity index (χ4v) is 3.68. The number of hydrogen-bond acceptors (Lipinski definition) is 4. The number of amides is 2. The van der Waals surface area contributed by atoms with E-state index in [0.717, 1.165) is 25.9 Å². The van der Waals surface area contributed by atoms with Crippen molar-refractivity contribution in [1.82, 2.24) is 4.90 Å². The zero-order chi connectivity index (χ0) is 18.8. The molecule has 0 saturated carbocycles. The van der Waals surface area contributed by atoms with Crippen molar-refractivity contribution in [3.8, 4) is 5.75 Å². The lowest BCUT2D eigenvalue weighted by Gasteiger charge is -2.31. The predicted octanol–water partition coefficient (Wildman–Crippen LogP) is 3.71. The third kappa shape index (κ3) is 3.21. The van der Waals surface area contributed by atoms with Gasteiger partial charge in [-0.3, -0.25) is 9.59 Å². The summed E-state index contributed by atoms with van der Waals surface area (Å²) in [5.74, 6) is -0.00730. The van der Waals surface area contributed by atoms with E-state index in [1.807, 2.05) is 30.5 Å². The summed E-state index contributed by atoms with van der Waals surface area (Å²) in [4.78, 5) is 29.9. The Kier molecular flexibility index (Phi) is 4.67. The van der Waals surface area contributed by atoms with E-state index in [1.165, 1.54) is 11.3 Å². The molecule has 1 fully saturated rings. The van der Waals surface area contributed by atoms with Crippen molar-refractivity contribution >= 4 is 23.1 Å². The van der Waals surface area contributed by atoms with Gasteiger partial charge in [0.15, 0.2) is 0 Å². The highest BCUT2D eigenvalue weighted by Crippen LogP contribution is 2.34. The Balaban J connectivity index is 1.84. The molecule has 2 aromatic carbocycles. The van der Waals surface area contributed by atoms with Crippen molar-refractivity contribution in [2.45, 2.75) is 19.3 Å². The molecule has 2 aliphatic heterocycles. The fourth-order valence-electron chi connectivity index (χ4n) is 3.68. The number of benzene rings is 2. The van der Waals surface area contributed by atoms with Crippen LogP contribution in [0.25, 0.3) is 5.57 Å². The molecule has 0 radical (unpaired) electrons. The number of carbonyl (C=O) groups is 2. The molecule has 1 saturated heterocycles. The van der Waals surface area contributed by atoms with E-state index < -0.39 is 0 Å². The van der Waals surface area contributed by atoms with E-state index in [1.54, 1.807) is 31.4 Å². The van der Waals surface area contributed by atoms with Crippen molar-refractivity contribution in [2.75, 3.05) is 25.1 Å². The second-order valence-electron chi connectivity index (χ2n) is 6.83. The molecule has 2 amide bonds. The first-order valence-corrected chi connectivity index (χ1v) is 9.27. The third-order valence-electron chi connectivity index (χ3n) is 5.10. The van der Waals surface area contributed by atoms with Gasteiger partial charge in [-0.15, -0.1) is 0 Å². The lowest BCUT2D eigenvalue weighted by molar-refractivity contribution is -0.112. The van der Waals surface area contributed by atoms with Gasteiger partial charge in [0, 0.05) is 24.9 Å². The molecule has 0 N–H and O–H groups in total. The van der Waals surface area contributed by atoms with Crippen LogP contribution in [0, 0.1) is 0 Å². The first-order valence-electron chi connectivity index (χ1n) is 9.27. The first kappa shape index (κ1) is 17.3. The van der Waals surface area contributed by atoms with Crippen LogP contribution in [-0.2, 0) is 4.79 Å². The van der Waals surface area contributed by atoms with Crippen molar-refractivity contribution in [3.63, 3.8) is 0 Å². The number of likely N-dealkylation sites (tertiary alicyclic amines) is 1. The first-order chi connectivity index (χ1) is 13.2. The van der Waals surface area contributed by atoms with Crippen molar-refractivity contribution < 1.29 is 14.3 Å². The zero-order valence-electron chi connectivity index (χ0n) is 15.4. The maximum Gasteiger partial charge on any atom is 0.267 e. The highest BCUT2D eigenvalue weighted by molar-refractivity contribution is 6.41. The van der Waals surface area contributed by atoms with E-state index >= 15 is 0 Å². The number of hydrogen-bond donors (Lipinski definition) is 0. The van der Waals surface area contributed by atoms with Crippen LogP contribution in [-0.4, -0.2) is 36.9 Å². The standard InChI is InChI=1S/C22H22N2O3/c1-27-17-10-11-18-19(14-17)21(25)24(16-8-4-2-5-9-16)22(26)20(18)15-23-12-6-3-7-13-23/h2,4-5,8-11,14-15H,3,6-7,12-13H2,1H3. The Morgan fingerprint density at radius 2 is 1.63 bits per heavy atom. The Hall–Kier alpha value is -3.08. The van der Waals surface area contributed by atoms with Crippen LogP contribution in [0.1, 0.15) is 35.2 Å². The summed E-state index contributed by atoms with van der Waals surface area (Å²) in [5, 5.41) is 0. The fraction of sp³-hybridized carbons (Fsp3) is 0.273. The van der Waals surface area contributed by atoms with E-state index in [4.69, 9.17) is 4.74 Å². The van der Waals surface area contributed by atoms with Gasteiger partial charge in [-0.2, -0.15) is 0 Å². The highest BCUT2D eigenvalue weighted by atomic mass is 16.5. The molecule has 0 unspecified atom stereocenters. The number of fused-ring (bicyclic) bond motifs is 1. The molecule has 5 nitrogen and oxygen atoms in total. The van der Waals surface area contributed by atoms with E-state index in [0.29, 0.717) is 28.1 Å². The van der Waals surface area contributed by atoms with Crippen LogP contribution in [0.3, 0.4) is 0 Å². The smallest absolute Gasteiger partial charge is 0.267 e. The number of anilines is 1. The van der Waals surface area contributed by atoms with Gasteiger partial charge in [-0.05, 0) is 49.6 Å². The number of methoxy groups -OCH3 is 1. The molecule has 0 spiro atoms. The number of nitrogens with zero attached hydrogens (tertiary/aromatic N) is 2. The van der Waals surface area contributed by atoms with Gasteiger partial charge in [0.25, 0.3) is 11.8 Å². The molecule has 0 aromatic heterocycles. The number of piperidine rings is 1. The SMILES string of the molecule is COc1ccc2c(c1)C(=O)N(c1ccccc1)C(=O)C2=CN1CCCCC1. The molecular weight excluding hydrogens is 340 g/mol. The summed E-state index contributed by atoms with van der Waals surface area (Å²) >= 11 is 0. The maximum atomic E-state index is 13.3. The Labute approximate surface area is 158 Å². The molecule has 2 aliphatic rings. The van der Waals surface area contributed by atoms with Gasteiger partial charge in [0.2, 0.25) is 0 Å². The minimum absolute atomic E-state index is 0.283. The number of para-hydroxylation sites is 1. The minimum atomic E-state index is -0.323. The Morgan fingerprint density at radius 1 is 0.889 bits per heavy atom. The van der Waals surface area contributed by atoms with E-state index in [2.05, 4.69) is 4.90 Å². The molecule has 0 aliphatic carbocycles. The van der Waals surface area contributed by atoms with Gasteiger partial charge in [0.05, 0.1) is 23.9 Å². The van der Waals surface area contributed by atoms with E-state index in [9.17, 15) is 9.59 Å². The molecular formula is C22H22N2O3. The van der Waals surface area contributed by atoms with Crippen LogP contribution < -0.4 is 9.64 Å². The van der Waals surface area contributed by atoms with Crippen LogP contribution in [0.15, 0.2) is 54.7 Å². The summed E-state index contributed by atoms with van der Waals surface area (Å²) in [6.07, 6.45) is 5.38. The second kappa shape index (κ2) is 7.27.